The zero-order valence-electron chi connectivity index (χ0n) is 12.7. The molecule has 0 radical (unpaired) electrons. The van der Waals surface area contributed by atoms with Crippen molar-refractivity contribution in [2.45, 2.75) is 0 Å². The molecule has 0 aliphatic carbocycles. The van der Waals surface area contributed by atoms with E-state index in [1.54, 1.807) is 29.9 Å². The van der Waals surface area contributed by atoms with Crippen LogP contribution in [0.25, 0.3) is 11.3 Å². The highest BCUT2D eigenvalue weighted by Crippen LogP contribution is 2.30. The monoisotopic (exact) mass is 396 g/mol. The molecule has 0 spiro atoms. The standard InChI is InChI=1S/C15H10Cl2N4O3S/c1-18-15-20(19-7-10-3-5-14(24-10)21(22)23)13(8-25-15)11-4-2-9(16)6-12(11)17/h2-8H,1H3/b18-15?,19-7-. The molecule has 3 rings (SSSR count). The summed E-state index contributed by atoms with van der Waals surface area (Å²) in [5.41, 5.74) is 1.45. The average Bonchev–Trinajstić information content (AvgIpc) is 3.19. The SMILES string of the molecule is CN=c1scc(-c2ccc(Cl)cc2Cl)n1/N=C\c1ccc([N+](=O)[O-])o1. The van der Waals surface area contributed by atoms with Crippen molar-refractivity contribution in [1.82, 2.24) is 4.68 Å². The van der Waals surface area contributed by atoms with E-state index in [1.165, 1.54) is 29.7 Å². The van der Waals surface area contributed by atoms with E-state index < -0.39 is 4.92 Å². The van der Waals surface area contributed by atoms with Crippen molar-refractivity contribution in [3.8, 4) is 11.3 Å². The first-order valence-corrected chi connectivity index (χ1v) is 8.50. The van der Waals surface area contributed by atoms with Crippen molar-refractivity contribution < 1.29 is 9.34 Å². The second-order valence-corrected chi connectivity index (χ2v) is 6.42. The Morgan fingerprint density at radius 1 is 1.32 bits per heavy atom. The molecule has 0 fully saturated rings. The van der Waals surface area contributed by atoms with E-state index in [9.17, 15) is 10.1 Å². The number of nitro groups is 1. The molecule has 10 heteroatoms. The van der Waals surface area contributed by atoms with Crippen LogP contribution in [0.5, 0.6) is 0 Å². The van der Waals surface area contributed by atoms with E-state index in [-0.39, 0.29) is 11.6 Å². The van der Waals surface area contributed by atoms with Gasteiger partial charge in [-0.3, -0.25) is 15.1 Å². The Kier molecular flexibility index (Phi) is 5.03. The zero-order valence-corrected chi connectivity index (χ0v) is 15.0. The number of halogens is 2. The summed E-state index contributed by atoms with van der Waals surface area (Å²) < 4.78 is 6.65. The summed E-state index contributed by atoms with van der Waals surface area (Å²) in [6, 6.07) is 7.89. The van der Waals surface area contributed by atoms with Crippen LogP contribution in [-0.2, 0) is 0 Å². The first-order valence-electron chi connectivity index (χ1n) is 6.87. The van der Waals surface area contributed by atoms with Crippen LogP contribution < -0.4 is 4.80 Å². The van der Waals surface area contributed by atoms with Crippen LogP contribution in [0.1, 0.15) is 5.76 Å². The Morgan fingerprint density at radius 2 is 2.12 bits per heavy atom. The zero-order chi connectivity index (χ0) is 18.0. The minimum Gasteiger partial charge on any atom is -0.400 e. The molecule has 0 unspecified atom stereocenters. The number of rotatable bonds is 4. The summed E-state index contributed by atoms with van der Waals surface area (Å²) in [6.45, 7) is 0. The number of furan rings is 1. The fraction of sp³-hybridized carbons (Fsp3) is 0.0667. The first kappa shape index (κ1) is 17.4. The van der Waals surface area contributed by atoms with Gasteiger partial charge in [-0.1, -0.05) is 23.2 Å². The van der Waals surface area contributed by atoms with Crippen molar-refractivity contribution in [2.24, 2.45) is 10.1 Å². The molecule has 0 N–H and O–H groups in total. The third-order valence-corrected chi connectivity index (χ3v) is 4.63. The maximum atomic E-state index is 10.7. The van der Waals surface area contributed by atoms with Crippen LogP contribution in [0.4, 0.5) is 5.88 Å². The van der Waals surface area contributed by atoms with Crippen LogP contribution in [0.3, 0.4) is 0 Å². The van der Waals surface area contributed by atoms with E-state index in [0.29, 0.717) is 20.5 Å². The van der Waals surface area contributed by atoms with Crippen LogP contribution in [0.2, 0.25) is 10.0 Å². The number of hydrogen-bond donors (Lipinski definition) is 0. The molecule has 3 aromatic rings. The quantitative estimate of drug-likeness (QED) is 0.371. The van der Waals surface area contributed by atoms with Crippen LogP contribution >= 0.6 is 34.5 Å². The normalized spacial score (nSPS) is 12.2. The summed E-state index contributed by atoms with van der Waals surface area (Å²) >= 11 is 13.6. The Balaban J connectivity index is 2.04. The summed E-state index contributed by atoms with van der Waals surface area (Å²) in [4.78, 5) is 14.9. The fourth-order valence-corrected chi connectivity index (χ4v) is 3.37. The van der Waals surface area contributed by atoms with Crippen LogP contribution in [-0.4, -0.2) is 22.9 Å². The largest absolute Gasteiger partial charge is 0.433 e. The van der Waals surface area contributed by atoms with E-state index in [2.05, 4.69) is 10.1 Å². The van der Waals surface area contributed by atoms with Gasteiger partial charge in [-0.2, -0.15) is 5.10 Å². The molecule has 2 heterocycles. The van der Waals surface area contributed by atoms with Crippen LogP contribution in [0.15, 0.2) is 50.2 Å². The number of nitrogens with zero attached hydrogens (tertiary/aromatic N) is 4. The van der Waals surface area contributed by atoms with E-state index in [4.69, 9.17) is 27.6 Å². The van der Waals surface area contributed by atoms with Gasteiger partial charge in [0.25, 0.3) is 0 Å². The third-order valence-electron chi connectivity index (χ3n) is 3.18. The highest BCUT2D eigenvalue weighted by atomic mass is 35.5. The Bertz CT molecular complexity index is 1040. The van der Waals surface area contributed by atoms with Gasteiger partial charge in [-0.05, 0) is 24.3 Å². The van der Waals surface area contributed by atoms with Crippen molar-refractivity contribution in [3.63, 3.8) is 0 Å². The van der Waals surface area contributed by atoms with Crippen LogP contribution in [0, 0.1) is 10.1 Å². The molecule has 0 bridgehead atoms. The predicted octanol–water partition coefficient (Wildman–Crippen LogP) is 4.44. The lowest BCUT2D eigenvalue weighted by molar-refractivity contribution is -0.402. The van der Waals surface area contributed by atoms with Crippen molar-refractivity contribution in [2.75, 3.05) is 7.05 Å². The van der Waals surface area contributed by atoms with E-state index >= 15 is 0 Å². The second kappa shape index (κ2) is 7.22. The van der Waals surface area contributed by atoms with Gasteiger partial charge in [0, 0.05) is 23.0 Å². The van der Waals surface area contributed by atoms with Crippen molar-refractivity contribution >= 4 is 46.6 Å². The average molecular weight is 397 g/mol. The molecule has 0 saturated carbocycles. The molecule has 1 aromatic carbocycles. The third kappa shape index (κ3) is 3.65. The van der Waals surface area contributed by atoms with Gasteiger partial charge in [0.15, 0.2) is 5.76 Å². The smallest absolute Gasteiger partial charge is 0.400 e. The topological polar surface area (TPSA) is 85.9 Å². The van der Waals surface area contributed by atoms with Crippen molar-refractivity contribution in [1.29, 1.82) is 0 Å². The Labute approximate surface area is 155 Å². The molecule has 7 nitrogen and oxygen atoms in total. The summed E-state index contributed by atoms with van der Waals surface area (Å²) in [5, 5.41) is 17.9. The molecular formula is C15H10Cl2N4O3S. The van der Waals surface area contributed by atoms with Gasteiger partial charge in [-0.25, -0.2) is 4.68 Å². The maximum absolute atomic E-state index is 10.7. The van der Waals surface area contributed by atoms with Gasteiger partial charge in [0.1, 0.15) is 4.92 Å². The first-order chi connectivity index (χ1) is 12.0. The highest BCUT2D eigenvalue weighted by Gasteiger charge is 2.13. The molecule has 0 atom stereocenters. The lowest BCUT2D eigenvalue weighted by Gasteiger charge is -2.05. The molecule has 0 aliphatic heterocycles. The molecule has 0 aliphatic rings. The van der Waals surface area contributed by atoms with Gasteiger partial charge >= 0.3 is 5.88 Å². The number of aromatic nitrogens is 1. The lowest BCUT2D eigenvalue weighted by atomic mass is 10.2. The number of hydrogen-bond acceptors (Lipinski definition) is 6. The van der Waals surface area contributed by atoms with Gasteiger partial charge in [0.05, 0.1) is 23.0 Å². The highest BCUT2D eigenvalue weighted by molar-refractivity contribution is 7.07. The van der Waals surface area contributed by atoms with Crippen molar-refractivity contribution in [3.05, 3.63) is 66.4 Å². The summed E-state index contributed by atoms with van der Waals surface area (Å²) in [7, 11) is 1.64. The van der Waals surface area contributed by atoms with Gasteiger partial charge < -0.3 is 4.42 Å². The fourth-order valence-electron chi connectivity index (χ4n) is 2.07. The second-order valence-electron chi connectivity index (χ2n) is 4.74. The van der Waals surface area contributed by atoms with E-state index in [1.807, 2.05) is 5.38 Å². The number of benzene rings is 1. The lowest BCUT2D eigenvalue weighted by Crippen LogP contribution is -2.11. The Morgan fingerprint density at radius 3 is 2.76 bits per heavy atom. The van der Waals surface area contributed by atoms with Gasteiger partial charge in [-0.15, -0.1) is 11.3 Å². The molecule has 25 heavy (non-hydrogen) atoms. The molecular weight excluding hydrogens is 387 g/mol. The van der Waals surface area contributed by atoms with Gasteiger partial charge in [0.2, 0.25) is 4.80 Å². The number of thiazole rings is 1. The minimum atomic E-state index is -0.610. The summed E-state index contributed by atoms with van der Waals surface area (Å²) in [6.07, 6.45) is 1.38. The maximum Gasteiger partial charge on any atom is 0.433 e. The minimum absolute atomic E-state index is 0.251. The molecule has 0 saturated heterocycles. The Hall–Kier alpha value is -2.42. The summed E-state index contributed by atoms with van der Waals surface area (Å²) in [5.74, 6) is -0.0984. The molecule has 128 valence electrons. The molecule has 2 aromatic heterocycles. The van der Waals surface area contributed by atoms with E-state index in [0.717, 1.165) is 5.56 Å². The predicted molar refractivity (Wildman–Crippen MR) is 97.6 cm³/mol. The molecule has 0 amide bonds.